The first kappa shape index (κ1) is 10.8. The highest BCUT2D eigenvalue weighted by atomic mass is 16.2. The molecule has 0 radical (unpaired) electrons. The van der Waals surface area contributed by atoms with Crippen LogP contribution in [0.25, 0.3) is 11.1 Å². The fourth-order valence-electron chi connectivity index (χ4n) is 1.85. The molecule has 0 saturated carbocycles. The van der Waals surface area contributed by atoms with Crippen LogP contribution in [0.2, 0.25) is 0 Å². The van der Waals surface area contributed by atoms with Gasteiger partial charge in [-0.25, -0.2) is 0 Å². The van der Waals surface area contributed by atoms with Crippen LogP contribution >= 0.6 is 0 Å². The number of rotatable bonds is 3. The van der Waals surface area contributed by atoms with Gasteiger partial charge in [0.2, 0.25) is 0 Å². The summed E-state index contributed by atoms with van der Waals surface area (Å²) in [4.78, 5) is 4.19. The third kappa shape index (κ3) is 2.28. The Balaban J connectivity index is 2.46. The number of pyridine rings is 1. The van der Waals surface area contributed by atoms with Gasteiger partial charge in [-0.1, -0.05) is 24.3 Å². The minimum absolute atomic E-state index is 0.182. The maximum atomic E-state index is 9.03. The van der Waals surface area contributed by atoms with Crippen molar-refractivity contribution in [1.82, 2.24) is 4.98 Å². The molecule has 0 saturated heterocycles. The number of aliphatic hydroxyl groups excluding tert-OH is 1. The Hall–Kier alpha value is -1.67. The van der Waals surface area contributed by atoms with Crippen LogP contribution in [0.1, 0.15) is 11.3 Å². The predicted molar refractivity (Wildman–Crippen MR) is 65.2 cm³/mol. The first-order chi connectivity index (χ1) is 7.81. The highest BCUT2D eigenvalue weighted by Gasteiger charge is 2.03. The lowest BCUT2D eigenvalue weighted by Crippen LogP contribution is -1.94. The van der Waals surface area contributed by atoms with Crippen molar-refractivity contribution in [3.63, 3.8) is 0 Å². The van der Waals surface area contributed by atoms with Crippen LogP contribution in [-0.2, 0) is 6.42 Å². The van der Waals surface area contributed by atoms with Crippen molar-refractivity contribution >= 4 is 0 Å². The lowest BCUT2D eigenvalue weighted by Gasteiger charge is -2.08. The van der Waals surface area contributed by atoms with Crippen LogP contribution in [-0.4, -0.2) is 16.7 Å². The summed E-state index contributed by atoms with van der Waals surface area (Å²) < 4.78 is 0. The zero-order valence-electron chi connectivity index (χ0n) is 9.35. The van der Waals surface area contributed by atoms with Gasteiger partial charge in [0.15, 0.2) is 0 Å². The van der Waals surface area contributed by atoms with Crippen LogP contribution in [0.4, 0.5) is 0 Å². The van der Waals surface area contributed by atoms with E-state index in [2.05, 4.69) is 23.2 Å². The van der Waals surface area contributed by atoms with Gasteiger partial charge < -0.3 is 5.11 Å². The Morgan fingerprint density at radius 2 is 2.00 bits per heavy atom. The van der Waals surface area contributed by atoms with E-state index in [9.17, 15) is 0 Å². The Bertz CT molecular complexity index is 480. The molecule has 0 fully saturated rings. The third-order valence-electron chi connectivity index (χ3n) is 2.61. The molecule has 2 heteroatoms. The zero-order chi connectivity index (χ0) is 11.4. The average molecular weight is 213 g/mol. The molecule has 1 aromatic carbocycles. The van der Waals surface area contributed by atoms with Crippen molar-refractivity contribution in [2.45, 2.75) is 13.3 Å². The Morgan fingerprint density at radius 1 is 1.19 bits per heavy atom. The van der Waals surface area contributed by atoms with Gasteiger partial charge in [0, 0.05) is 18.5 Å². The van der Waals surface area contributed by atoms with E-state index in [-0.39, 0.29) is 6.61 Å². The van der Waals surface area contributed by atoms with E-state index >= 15 is 0 Å². The number of aryl methyl sites for hydroxylation is 1. The lowest BCUT2D eigenvalue weighted by molar-refractivity contribution is 0.300. The van der Waals surface area contributed by atoms with Gasteiger partial charge in [-0.15, -0.1) is 0 Å². The van der Waals surface area contributed by atoms with E-state index in [1.165, 1.54) is 11.1 Å². The molecule has 2 rings (SSSR count). The smallest absolute Gasteiger partial charge is 0.0471 e. The minimum atomic E-state index is 0.182. The van der Waals surface area contributed by atoms with Gasteiger partial charge in [0.25, 0.3) is 0 Å². The van der Waals surface area contributed by atoms with Crippen LogP contribution in [0.3, 0.4) is 0 Å². The van der Waals surface area contributed by atoms with Crippen LogP contribution in [0.5, 0.6) is 0 Å². The standard InChI is InChI=1S/C14H15NO/c1-11-10-13(6-8-15-11)14-5-3-2-4-12(14)7-9-16/h2-6,8,10,16H,7,9H2,1H3. The second kappa shape index (κ2) is 4.90. The normalized spacial score (nSPS) is 10.4. The van der Waals surface area contributed by atoms with E-state index in [4.69, 9.17) is 5.11 Å². The number of aromatic nitrogens is 1. The fraction of sp³-hybridized carbons (Fsp3) is 0.214. The van der Waals surface area contributed by atoms with Gasteiger partial charge in [-0.2, -0.15) is 0 Å². The van der Waals surface area contributed by atoms with Crippen LogP contribution in [0.15, 0.2) is 42.6 Å². The monoisotopic (exact) mass is 213 g/mol. The number of hydrogen-bond donors (Lipinski definition) is 1. The van der Waals surface area contributed by atoms with Crippen molar-refractivity contribution in [2.75, 3.05) is 6.61 Å². The van der Waals surface area contributed by atoms with E-state index in [0.29, 0.717) is 6.42 Å². The molecule has 0 aliphatic carbocycles. The van der Waals surface area contributed by atoms with Crippen molar-refractivity contribution in [3.8, 4) is 11.1 Å². The molecule has 0 unspecified atom stereocenters. The van der Waals surface area contributed by atoms with E-state index in [1.807, 2.05) is 31.3 Å². The van der Waals surface area contributed by atoms with Crippen LogP contribution < -0.4 is 0 Å². The van der Waals surface area contributed by atoms with Crippen molar-refractivity contribution < 1.29 is 5.11 Å². The highest BCUT2D eigenvalue weighted by molar-refractivity contribution is 5.67. The van der Waals surface area contributed by atoms with Crippen LogP contribution in [0, 0.1) is 6.92 Å². The SMILES string of the molecule is Cc1cc(-c2ccccc2CCO)ccn1. The second-order valence-corrected chi connectivity index (χ2v) is 3.82. The van der Waals surface area contributed by atoms with Crippen molar-refractivity contribution in [2.24, 2.45) is 0 Å². The quantitative estimate of drug-likeness (QED) is 0.850. The molecular weight excluding hydrogens is 198 g/mol. The number of aliphatic hydroxyl groups is 1. The Morgan fingerprint density at radius 3 is 2.75 bits per heavy atom. The van der Waals surface area contributed by atoms with Gasteiger partial charge >= 0.3 is 0 Å². The van der Waals surface area contributed by atoms with Crippen molar-refractivity contribution in [3.05, 3.63) is 53.9 Å². The van der Waals surface area contributed by atoms with Gasteiger partial charge in [-0.3, -0.25) is 4.98 Å². The summed E-state index contributed by atoms with van der Waals surface area (Å²) in [5.41, 5.74) is 4.53. The zero-order valence-corrected chi connectivity index (χ0v) is 9.35. The third-order valence-corrected chi connectivity index (χ3v) is 2.61. The molecule has 1 heterocycles. The molecule has 16 heavy (non-hydrogen) atoms. The lowest BCUT2D eigenvalue weighted by atomic mass is 9.98. The predicted octanol–water partition coefficient (Wildman–Crippen LogP) is 2.59. The second-order valence-electron chi connectivity index (χ2n) is 3.82. The summed E-state index contributed by atoms with van der Waals surface area (Å²) in [5, 5.41) is 9.03. The number of nitrogens with zero attached hydrogens (tertiary/aromatic N) is 1. The summed E-state index contributed by atoms with van der Waals surface area (Å²) in [5.74, 6) is 0. The minimum Gasteiger partial charge on any atom is -0.396 e. The summed E-state index contributed by atoms with van der Waals surface area (Å²) in [6.07, 6.45) is 2.51. The molecule has 1 N–H and O–H groups in total. The molecule has 0 atom stereocenters. The molecule has 2 aromatic rings. The molecule has 0 bridgehead atoms. The first-order valence-corrected chi connectivity index (χ1v) is 5.43. The van der Waals surface area contributed by atoms with Gasteiger partial charge in [-0.05, 0) is 42.2 Å². The van der Waals surface area contributed by atoms with E-state index in [0.717, 1.165) is 11.3 Å². The topological polar surface area (TPSA) is 33.1 Å². The number of benzene rings is 1. The molecule has 2 nitrogen and oxygen atoms in total. The van der Waals surface area contributed by atoms with Gasteiger partial charge in [0.1, 0.15) is 0 Å². The van der Waals surface area contributed by atoms with Gasteiger partial charge in [0.05, 0.1) is 0 Å². The molecule has 0 aliphatic heterocycles. The largest absolute Gasteiger partial charge is 0.396 e. The van der Waals surface area contributed by atoms with E-state index < -0.39 is 0 Å². The maximum absolute atomic E-state index is 9.03. The van der Waals surface area contributed by atoms with E-state index in [1.54, 1.807) is 0 Å². The molecule has 0 spiro atoms. The number of hydrogen-bond acceptors (Lipinski definition) is 2. The molecule has 1 aromatic heterocycles. The molecule has 0 amide bonds. The summed E-state index contributed by atoms with van der Waals surface area (Å²) in [6, 6.07) is 12.2. The molecule has 0 aliphatic rings. The summed E-state index contributed by atoms with van der Waals surface area (Å²) >= 11 is 0. The summed E-state index contributed by atoms with van der Waals surface area (Å²) in [6.45, 7) is 2.17. The highest BCUT2D eigenvalue weighted by Crippen LogP contribution is 2.23. The Labute approximate surface area is 95.6 Å². The molecular formula is C14H15NO. The fourth-order valence-corrected chi connectivity index (χ4v) is 1.85. The average Bonchev–Trinajstić information content (AvgIpc) is 2.30. The maximum Gasteiger partial charge on any atom is 0.0471 e. The summed E-state index contributed by atoms with van der Waals surface area (Å²) in [7, 11) is 0. The van der Waals surface area contributed by atoms with Crippen molar-refractivity contribution in [1.29, 1.82) is 0 Å². The first-order valence-electron chi connectivity index (χ1n) is 5.43. The Kier molecular flexibility index (Phi) is 3.32. The molecule has 82 valence electrons.